The molecule has 12 heavy (non-hydrogen) atoms. The summed E-state index contributed by atoms with van der Waals surface area (Å²) < 4.78 is 0. The Bertz CT molecular complexity index is 144. The van der Waals surface area contributed by atoms with E-state index in [0.29, 0.717) is 6.54 Å². The number of nitrogens with one attached hydrogen (secondary N) is 1. The Morgan fingerprint density at radius 2 is 1.83 bits per heavy atom. The maximum atomic E-state index is 10.8. The topological polar surface area (TPSA) is 29.1 Å². The lowest BCUT2D eigenvalue weighted by Crippen LogP contribution is -2.23. The van der Waals surface area contributed by atoms with Crippen molar-refractivity contribution in [3.05, 3.63) is 11.6 Å². The second-order valence-electron chi connectivity index (χ2n) is 2.54. The van der Waals surface area contributed by atoms with Gasteiger partial charge in [-0.05, 0) is 20.8 Å². The molecule has 0 unspecified atom stereocenters. The van der Waals surface area contributed by atoms with E-state index in [1.54, 1.807) is 13.0 Å². The molecule has 74 valence electrons. The minimum atomic E-state index is 0. The van der Waals surface area contributed by atoms with Crippen LogP contribution in [-0.2, 0) is 4.79 Å². The number of carbonyl (C=O) groups is 1. The lowest BCUT2D eigenvalue weighted by molar-refractivity contribution is -0.117. The number of allylic oxidation sites excluding steroid dienone is 1. The SMILES string of the molecule is C/C=C(/C)C(=O)NCC.CCC.[HH]. The van der Waals surface area contributed by atoms with Crippen LogP contribution in [0.2, 0.25) is 0 Å². The van der Waals surface area contributed by atoms with Crippen LogP contribution in [0.3, 0.4) is 0 Å². The van der Waals surface area contributed by atoms with Gasteiger partial charge in [-0.15, -0.1) is 0 Å². The van der Waals surface area contributed by atoms with Crippen LogP contribution in [0.4, 0.5) is 0 Å². The van der Waals surface area contributed by atoms with E-state index in [0.717, 1.165) is 5.57 Å². The molecule has 0 spiro atoms. The van der Waals surface area contributed by atoms with Crippen LogP contribution in [0.1, 0.15) is 42.5 Å². The molecule has 0 aromatic rings. The molecule has 0 atom stereocenters. The molecule has 0 radical (unpaired) electrons. The zero-order valence-corrected chi connectivity index (χ0v) is 8.90. The van der Waals surface area contributed by atoms with E-state index in [-0.39, 0.29) is 7.33 Å². The van der Waals surface area contributed by atoms with Gasteiger partial charge >= 0.3 is 0 Å². The van der Waals surface area contributed by atoms with Crippen molar-refractivity contribution < 1.29 is 6.22 Å². The average Bonchev–Trinajstić information content (AvgIpc) is 2.05. The largest absolute Gasteiger partial charge is 0.353 e. The third-order valence-electron chi connectivity index (χ3n) is 1.13. The van der Waals surface area contributed by atoms with Crippen molar-refractivity contribution in [1.29, 1.82) is 0 Å². The molecule has 0 heterocycles. The second-order valence-corrected chi connectivity index (χ2v) is 2.54. The van der Waals surface area contributed by atoms with Gasteiger partial charge in [-0.3, -0.25) is 4.79 Å². The summed E-state index contributed by atoms with van der Waals surface area (Å²) in [7, 11) is 0. The van der Waals surface area contributed by atoms with Crippen LogP contribution in [0.15, 0.2) is 11.6 Å². The molecule has 2 nitrogen and oxygen atoms in total. The smallest absolute Gasteiger partial charge is 0.246 e. The van der Waals surface area contributed by atoms with Crippen LogP contribution in [0.25, 0.3) is 0 Å². The van der Waals surface area contributed by atoms with Gasteiger partial charge in [0.2, 0.25) is 5.91 Å². The molecule has 2 heteroatoms. The molecule has 0 aliphatic carbocycles. The lowest BCUT2D eigenvalue weighted by atomic mass is 10.3. The van der Waals surface area contributed by atoms with Crippen LogP contribution in [-0.4, -0.2) is 12.5 Å². The predicted octanol–water partition coefficient (Wildman–Crippen LogP) is 2.75. The fourth-order valence-corrected chi connectivity index (χ4v) is 0.431. The summed E-state index contributed by atoms with van der Waals surface area (Å²) in [4.78, 5) is 10.8. The molecule has 1 N–H and O–H groups in total. The summed E-state index contributed by atoms with van der Waals surface area (Å²) in [5, 5.41) is 2.69. The fraction of sp³-hybridized carbons (Fsp3) is 0.700. The Labute approximate surface area is 77.5 Å². The zero-order chi connectivity index (χ0) is 9.98. The monoisotopic (exact) mass is 173 g/mol. The van der Waals surface area contributed by atoms with E-state index < -0.39 is 0 Å². The third-order valence-corrected chi connectivity index (χ3v) is 1.13. The van der Waals surface area contributed by atoms with E-state index in [4.69, 9.17) is 0 Å². The Balaban J connectivity index is -0.000000220. The van der Waals surface area contributed by atoms with Gasteiger partial charge in [-0.2, -0.15) is 0 Å². The van der Waals surface area contributed by atoms with Gasteiger partial charge in [0.05, 0.1) is 0 Å². The van der Waals surface area contributed by atoms with Crippen molar-refractivity contribution >= 4 is 5.91 Å². The molecule has 0 aliphatic rings. The first-order chi connectivity index (χ1) is 5.63. The minimum absolute atomic E-state index is 0. The molecular formula is C10H23NO. The van der Waals surface area contributed by atoms with Gasteiger partial charge in [-0.25, -0.2) is 0 Å². The number of rotatable bonds is 2. The molecule has 0 aliphatic heterocycles. The molecule has 0 rings (SSSR count). The molecule has 0 saturated carbocycles. The Kier molecular flexibility index (Phi) is 11.7. The highest BCUT2D eigenvalue weighted by atomic mass is 16.1. The van der Waals surface area contributed by atoms with Crippen molar-refractivity contribution in [2.24, 2.45) is 0 Å². The molecule has 1 amide bonds. The maximum absolute atomic E-state index is 10.8. The zero-order valence-electron chi connectivity index (χ0n) is 8.90. The highest BCUT2D eigenvalue weighted by Gasteiger charge is 1.97. The lowest BCUT2D eigenvalue weighted by Gasteiger charge is -1.98. The van der Waals surface area contributed by atoms with Gasteiger partial charge in [-0.1, -0.05) is 26.3 Å². The van der Waals surface area contributed by atoms with Crippen molar-refractivity contribution in [1.82, 2.24) is 5.32 Å². The molecule has 0 saturated heterocycles. The molecule has 0 aromatic heterocycles. The summed E-state index contributed by atoms with van der Waals surface area (Å²) in [6.07, 6.45) is 3.05. The Hall–Kier alpha value is -0.790. The number of carbonyl (C=O) groups excluding carboxylic acids is 1. The van der Waals surface area contributed by atoms with Gasteiger partial charge in [0.25, 0.3) is 0 Å². The highest BCUT2D eigenvalue weighted by molar-refractivity contribution is 5.92. The predicted molar refractivity (Wildman–Crippen MR) is 56.2 cm³/mol. The van der Waals surface area contributed by atoms with Gasteiger partial charge in [0.15, 0.2) is 0 Å². The van der Waals surface area contributed by atoms with E-state index in [1.165, 1.54) is 6.42 Å². The van der Waals surface area contributed by atoms with E-state index in [9.17, 15) is 4.79 Å². The number of hydrogen-bond acceptors (Lipinski definition) is 1. The molecule has 0 aromatic carbocycles. The van der Waals surface area contributed by atoms with Crippen LogP contribution in [0.5, 0.6) is 0 Å². The molecular weight excluding hydrogens is 150 g/mol. The van der Waals surface area contributed by atoms with Crippen LogP contribution < -0.4 is 5.32 Å². The van der Waals surface area contributed by atoms with Crippen LogP contribution >= 0.6 is 0 Å². The first-order valence-corrected chi connectivity index (χ1v) is 4.55. The first-order valence-electron chi connectivity index (χ1n) is 4.55. The van der Waals surface area contributed by atoms with Crippen molar-refractivity contribution in [3.63, 3.8) is 0 Å². The number of likely N-dealkylation sites (N-methyl/N-ethyl adjacent to an activating group) is 1. The van der Waals surface area contributed by atoms with Gasteiger partial charge < -0.3 is 5.32 Å². The van der Waals surface area contributed by atoms with E-state index in [2.05, 4.69) is 19.2 Å². The van der Waals surface area contributed by atoms with Crippen molar-refractivity contribution in [3.8, 4) is 0 Å². The number of amides is 1. The van der Waals surface area contributed by atoms with Crippen LogP contribution in [0, 0.1) is 0 Å². The summed E-state index contributed by atoms with van der Waals surface area (Å²) in [6.45, 7) is 10.5. The normalized spacial score (nSPS) is 9.92. The third kappa shape index (κ3) is 9.21. The summed E-state index contributed by atoms with van der Waals surface area (Å²) >= 11 is 0. The molecule has 0 bridgehead atoms. The average molecular weight is 173 g/mol. The fourth-order valence-electron chi connectivity index (χ4n) is 0.431. The maximum Gasteiger partial charge on any atom is 0.246 e. The quantitative estimate of drug-likeness (QED) is 0.639. The van der Waals surface area contributed by atoms with Gasteiger partial charge in [0.1, 0.15) is 0 Å². The number of hydrogen-bond donors (Lipinski definition) is 1. The summed E-state index contributed by atoms with van der Waals surface area (Å²) in [6, 6.07) is 0. The van der Waals surface area contributed by atoms with Crippen molar-refractivity contribution in [2.75, 3.05) is 6.54 Å². The minimum Gasteiger partial charge on any atom is -0.353 e. The summed E-state index contributed by atoms with van der Waals surface area (Å²) in [5.74, 6) is 0.0278. The summed E-state index contributed by atoms with van der Waals surface area (Å²) in [5.41, 5.74) is 0.775. The molecule has 0 fully saturated rings. The first kappa shape index (κ1) is 13.8. The Morgan fingerprint density at radius 1 is 1.42 bits per heavy atom. The highest BCUT2D eigenvalue weighted by Crippen LogP contribution is 1.89. The van der Waals surface area contributed by atoms with Crippen molar-refractivity contribution in [2.45, 2.75) is 41.0 Å². The van der Waals surface area contributed by atoms with E-state index >= 15 is 0 Å². The Morgan fingerprint density at radius 3 is 2.08 bits per heavy atom. The standard InChI is InChI=1S/C7H13NO.C3H8.H2/c1-4-6(3)7(9)8-5-2;1-3-2;/h4H,5H2,1-3H3,(H,8,9);3H2,1-2H3;1H/b6-4-;;. The van der Waals surface area contributed by atoms with E-state index in [1.807, 2.05) is 13.8 Å². The van der Waals surface area contributed by atoms with Gasteiger partial charge in [0, 0.05) is 13.5 Å². The second kappa shape index (κ2) is 10.2.